The van der Waals surface area contributed by atoms with Crippen LogP contribution in [0.1, 0.15) is 33.6 Å². The van der Waals surface area contributed by atoms with Crippen LogP contribution in [0.3, 0.4) is 0 Å². The van der Waals surface area contributed by atoms with Crippen LogP contribution in [-0.2, 0) is 14.8 Å². The molecule has 0 aromatic heterocycles. The van der Waals surface area contributed by atoms with Crippen molar-refractivity contribution in [1.29, 1.82) is 0 Å². The van der Waals surface area contributed by atoms with Gasteiger partial charge in [-0.05, 0) is 47.2 Å². The second kappa shape index (κ2) is 6.32. The Labute approximate surface area is 111 Å². The lowest BCUT2D eigenvalue weighted by molar-refractivity contribution is -0.109. The molecule has 1 rings (SSSR count). The summed E-state index contributed by atoms with van der Waals surface area (Å²) in [5, 5.41) is 3.03. The van der Waals surface area contributed by atoms with Crippen LogP contribution in [0.25, 0.3) is 0 Å². The Balaban J connectivity index is 2.56. The third-order valence-electron chi connectivity index (χ3n) is 3.01. The lowest BCUT2D eigenvalue weighted by Crippen LogP contribution is -2.54. The minimum absolute atomic E-state index is 0.0409. The Morgan fingerprint density at radius 3 is 2.61 bits per heavy atom. The van der Waals surface area contributed by atoms with Crippen molar-refractivity contribution in [2.75, 3.05) is 32.4 Å². The number of hydrogen-bond donors (Lipinski definition) is 1. The Morgan fingerprint density at radius 2 is 2.06 bits per heavy atom. The predicted molar refractivity (Wildman–Crippen MR) is 73.1 cm³/mol. The third kappa shape index (κ3) is 4.84. The first-order valence-electron chi connectivity index (χ1n) is 6.57. The normalized spacial score (nSPS) is 25.2. The zero-order chi connectivity index (χ0) is 13.8. The van der Waals surface area contributed by atoms with Gasteiger partial charge in [-0.2, -0.15) is 4.31 Å². The molecule has 108 valence electrons. The van der Waals surface area contributed by atoms with E-state index in [9.17, 15) is 8.42 Å². The first kappa shape index (κ1) is 15.9. The Kier molecular flexibility index (Phi) is 5.58. The smallest absolute Gasteiger partial charge is 0.214 e. The van der Waals surface area contributed by atoms with Gasteiger partial charge < -0.3 is 10.1 Å². The van der Waals surface area contributed by atoms with E-state index in [1.54, 1.807) is 4.31 Å². The SMILES string of the molecule is CNCCCCS(=O)(=O)N1CC(C)OC(C)(C)C1. The van der Waals surface area contributed by atoms with Crippen LogP contribution >= 0.6 is 0 Å². The van der Waals surface area contributed by atoms with Crippen LogP contribution in [-0.4, -0.2) is 56.9 Å². The van der Waals surface area contributed by atoms with Gasteiger partial charge in [-0.3, -0.25) is 0 Å². The van der Waals surface area contributed by atoms with E-state index >= 15 is 0 Å². The lowest BCUT2D eigenvalue weighted by atomic mass is 10.1. The van der Waals surface area contributed by atoms with Crippen LogP contribution in [0.5, 0.6) is 0 Å². The number of hydrogen-bond acceptors (Lipinski definition) is 4. The minimum Gasteiger partial charge on any atom is -0.370 e. The minimum atomic E-state index is -3.14. The maximum Gasteiger partial charge on any atom is 0.214 e. The number of sulfonamides is 1. The highest BCUT2D eigenvalue weighted by Crippen LogP contribution is 2.23. The average molecular weight is 278 g/mol. The van der Waals surface area contributed by atoms with Crippen LogP contribution in [0.2, 0.25) is 0 Å². The molecule has 1 fully saturated rings. The van der Waals surface area contributed by atoms with Gasteiger partial charge in [0.15, 0.2) is 0 Å². The zero-order valence-corrected chi connectivity index (χ0v) is 12.7. The quantitative estimate of drug-likeness (QED) is 0.731. The molecular weight excluding hydrogens is 252 g/mol. The van der Waals surface area contributed by atoms with E-state index in [2.05, 4.69) is 5.32 Å². The Hall–Kier alpha value is -0.170. The van der Waals surface area contributed by atoms with Crippen molar-refractivity contribution in [1.82, 2.24) is 9.62 Å². The molecule has 0 saturated carbocycles. The second-order valence-electron chi connectivity index (χ2n) is 5.61. The molecule has 18 heavy (non-hydrogen) atoms. The third-order valence-corrected chi connectivity index (χ3v) is 4.88. The van der Waals surface area contributed by atoms with Crippen molar-refractivity contribution >= 4 is 10.0 Å². The van der Waals surface area contributed by atoms with E-state index in [-0.39, 0.29) is 11.9 Å². The topological polar surface area (TPSA) is 58.6 Å². The summed E-state index contributed by atoms with van der Waals surface area (Å²) in [5.74, 6) is 0.234. The number of nitrogens with zero attached hydrogens (tertiary/aromatic N) is 1. The first-order valence-corrected chi connectivity index (χ1v) is 8.18. The molecule has 1 heterocycles. The highest BCUT2D eigenvalue weighted by molar-refractivity contribution is 7.89. The molecule has 0 aromatic carbocycles. The molecule has 1 unspecified atom stereocenters. The highest BCUT2D eigenvalue weighted by Gasteiger charge is 2.36. The molecule has 1 aliphatic rings. The number of rotatable bonds is 6. The lowest BCUT2D eigenvalue weighted by Gasteiger charge is -2.40. The van der Waals surface area contributed by atoms with Crippen LogP contribution in [0.4, 0.5) is 0 Å². The number of unbranched alkanes of at least 4 members (excludes halogenated alkanes) is 1. The van der Waals surface area contributed by atoms with Gasteiger partial charge in [-0.25, -0.2) is 8.42 Å². The maximum absolute atomic E-state index is 12.2. The summed E-state index contributed by atoms with van der Waals surface area (Å²) in [5.41, 5.74) is -0.393. The fourth-order valence-corrected chi connectivity index (χ4v) is 4.09. The summed E-state index contributed by atoms with van der Waals surface area (Å²) in [6.07, 6.45) is 1.55. The van der Waals surface area contributed by atoms with Crippen molar-refractivity contribution in [2.24, 2.45) is 0 Å². The van der Waals surface area contributed by atoms with Crippen molar-refractivity contribution in [3.63, 3.8) is 0 Å². The Bertz CT molecular complexity index is 354. The van der Waals surface area contributed by atoms with Crippen molar-refractivity contribution in [2.45, 2.75) is 45.3 Å². The van der Waals surface area contributed by atoms with E-state index in [0.29, 0.717) is 19.5 Å². The number of nitrogens with one attached hydrogen (secondary N) is 1. The van der Waals surface area contributed by atoms with Crippen molar-refractivity contribution in [3.8, 4) is 0 Å². The first-order chi connectivity index (χ1) is 8.27. The largest absolute Gasteiger partial charge is 0.370 e. The maximum atomic E-state index is 12.2. The summed E-state index contributed by atoms with van der Waals surface area (Å²) >= 11 is 0. The van der Waals surface area contributed by atoms with Gasteiger partial charge in [-0.15, -0.1) is 0 Å². The summed E-state index contributed by atoms with van der Waals surface area (Å²) in [6.45, 7) is 7.58. The fourth-order valence-electron chi connectivity index (χ4n) is 2.32. The number of ether oxygens (including phenoxy) is 1. The molecule has 0 bridgehead atoms. The van der Waals surface area contributed by atoms with E-state index in [1.807, 2.05) is 27.8 Å². The molecule has 0 spiro atoms. The van der Waals surface area contributed by atoms with Gasteiger partial charge in [0.05, 0.1) is 17.5 Å². The molecule has 0 aromatic rings. The summed E-state index contributed by atoms with van der Waals surface area (Å²) in [4.78, 5) is 0. The molecule has 1 saturated heterocycles. The summed E-state index contributed by atoms with van der Waals surface area (Å²) in [6, 6.07) is 0. The predicted octanol–water partition coefficient (Wildman–Crippen LogP) is 0.815. The molecule has 1 aliphatic heterocycles. The van der Waals surface area contributed by atoms with E-state index in [4.69, 9.17) is 4.74 Å². The van der Waals surface area contributed by atoms with Gasteiger partial charge in [0.1, 0.15) is 0 Å². The highest BCUT2D eigenvalue weighted by atomic mass is 32.2. The van der Waals surface area contributed by atoms with E-state index in [1.165, 1.54) is 0 Å². The molecule has 0 amide bonds. The monoisotopic (exact) mass is 278 g/mol. The fraction of sp³-hybridized carbons (Fsp3) is 1.00. The molecule has 6 heteroatoms. The average Bonchev–Trinajstić information content (AvgIpc) is 2.21. The second-order valence-corrected chi connectivity index (χ2v) is 7.70. The van der Waals surface area contributed by atoms with Crippen molar-refractivity contribution < 1.29 is 13.2 Å². The molecule has 1 N–H and O–H groups in total. The molecule has 0 radical (unpaired) electrons. The van der Waals surface area contributed by atoms with Gasteiger partial charge in [0.25, 0.3) is 0 Å². The summed E-state index contributed by atoms with van der Waals surface area (Å²) < 4.78 is 31.8. The van der Waals surface area contributed by atoms with Gasteiger partial charge in [0.2, 0.25) is 10.0 Å². The molecule has 1 atom stereocenters. The molecule has 5 nitrogen and oxygen atoms in total. The van der Waals surface area contributed by atoms with Gasteiger partial charge in [-0.1, -0.05) is 0 Å². The summed E-state index contributed by atoms with van der Waals surface area (Å²) in [7, 11) is -1.27. The van der Waals surface area contributed by atoms with Crippen molar-refractivity contribution in [3.05, 3.63) is 0 Å². The van der Waals surface area contributed by atoms with Gasteiger partial charge >= 0.3 is 0 Å². The van der Waals surface area contributed by atoms with Crippen LogP contribution < -0.4 is 5.32 Å². The van der Waals surface area contributed by atoms with Crippen LogP contribution in [0, 0.1) is 0 Å². The van der Waals surface area contributed by atoms with Crippen LogP contribution in [0.15, 0.2) is 0 Å². The molecular formula is C12H26N2O3S. The standard InChI is InChI=1S/C12H26N2O3S/c1-11-9-14(10-12(2,3)17-11)18(15,16)8-6-5-7-13-4/h11,13H,5-10H2,1-4H3. The Morgan fingerprint density at radius 1 is 1.39 bits per heavy atom. The zero-order valence-electron chi connectivity index (χ0n) is 11.9. The van der Waals surface area contributed by atoms with Gasteiger partial charge in [0, 0.05) is 13.1 Å². The van der Waals surface area contributed by atoms with E-state index < -0.39 is 15.6 Å². The molecule has 0 aliphatic carbocycles. The number of morpholine rings is 1. The van der Waals surface area contributed by atoms with E-state index in [0.717, 1.165) is 13.0 Å².